The maximum absolute atomic E-state index is 10.3. The SMILES string of the molecule is N#Cc1cc(-c2cc(-n3c4ccccc4c4ccccc43)ccc2C#N)cc(-c2ccccc2-n2c3ccccc3c3ccccc32)c1. The highest BCUT2D eigenvalue weighted by atomic mass is 15.0. The van der Waals surface area contributed by atoms with Gasteiger partial charge in [0.05, 0.1) is 51.0 Å². The van der Waals surface area contributed by atoms with Crippen molar-refractivity contribution in [2.75, 3.05) is 0 Å². The lowest BCUT2D eigenvalue weighted by molar-refractivity contribution is 1.18. The normalized spacial score (nSPS) is 11.3. The van der Waals surface area contributed by atoms with Crippen LogP contribution in [0.3, 0.4) is 0 Å². The number of rotatable bonds is 4. The summed E-state index contributed by atoms with van der Waals surface area (Å²) in [5, 5.41) is 25.3. The molecule has 0 aliphatic carbocycles. The van der Waals surface area contributed by atoms with Crippen LogP contribution in [0.2, 0.25) is 0 Å². The van der Waals surface area contributed by atoms with Gasteiger partial charge in [-0.3, -0.25) is 0 Å². The first-order valence-corrected chi connectivity index (χ1v) is 15.9. The zero-order valence-electron chi connectivity index (χ0n) is 25.8. The first-order chi connectivity index (χ1) is 23.7. The summed E-state index contributed by atoms with van der Waals surface area (Å²) in [7, 11) is 0. The van der Waals surface area contributed by atoms with Crippen molar-refractivity contribution in [2.24, 2.45) is 0 Å². The Balaban J connectivity index is 1.27. The van der Waals surface area contributed by atoms with E-state index in [1.807, 2.05) is 30.3 Å². The molecule has 0 fully saturated rings. The molecule has 0 unspecified atom stereocenters. The van der Waals surface area contributed by atoms with Gasteiger partial charge < -0.3 is 9.13 Å². The third-order valence-electron chi connectivity index (χ3n) is 9.37. The molecule has 222 valence electrons. The predicted octanol–water partition coefficient (Wildman–Crippen LogP) is 11.0. The van der Waals surface area contributed by atoms with Crippen LogP contribution in [0.5, 0.6) is 0 Å². The summed E-state index contributed by atoms with van der Waals surface area (Å²) in [5.74, 6) is 0. The van der Waals surface area contributed by atoms with E-state index in [0.29, 0.717) is 11.1 Å². The van der Waals surface area contributed by atoms with Crippen LogP contribution in [0.4, 0.5) is 0 Å². The molecule has 0 saturated carbocycles. The number of para-hydroxylation sites is 5. The van der Waals surface area contributed by atoms with Crippen LogP contribution in [0, 0.1) is 22.7 Å². The van der Waals surface area contributed by atoms with Crippen molar-refractivity contribution in [3.05, 3.63) is 169 Å². The van der Waals surface area contributed by atoms with Gasteiger partial charge in [-0.05, 0) is 77.9 Å². The van der Waals surface area contributed by atoms with Gasteiger partial charge in [0.15, 0.2) is 0 Å². The second-order valence-corrected chi connectivity index (χ2v) is 12.0. The molecule has 9 rings (SSSR count). The maximum Gasteiger partial charge on any atom is 0.0998 e. The topological polar surface area (TPSA) is 57.4 Å². The van der Waals surface area contributed by atoms with Crippen molar-refractivity contribution in [3.63, 3.8) is 0 Å². The van der Waals surface area contributed by atoms with E-state index in [4.69, 9.17) is 0 Å². The predicted molar refractivity (Wildman–Crippen MR) is 195 cm³/mol. The Morgan fingerprint density at radius 3 is 1.42 bits per heavy atom. The largest absolute Gasteiger partial charge is 0.309 e. The van der Waals surface area contributed by atoms with Gasteiger partial charge in [0, 0.05) is 38.4 Å². The lowest BCUT2D eigenvalue weighted by Crippen LogP contribution is -1.98. The van der Waals surface area contributed by atoms with Crippen molar-refractivity contribution in [1.82, 2.24) is 9.13 Å². The fourth-order valence-corrected chi connectivity index (χ4v) is 7.31. The summed E-state index contributed by atoms with van der Waals surface area (Å²) in [6.07, 6.45) is 0. The van der Waals surface area contributed by atoms with Crippen LogP contribution >= 0.6 is 0 Å². The molecule has 0 bridgehead atoms. The third kappa shape index (κ3) is 4.14. The summed E-state index contributed by atoms with van der Waals surface area (Å²) in [5.41, 5.74) is 11.0. The van der Waals surface area contributed by atoms with Gasteiger partial charge in [0.1, 0.15) is 0 Å². The molecule has 9 aromatic rings. The molecule has 0 spiro atoms. The Hall–Kier alpha value is -6.88. The number of aromatic nitrogens is 2. The molecule has 0 aliphatic rings. The number of benzene rings is 7. The first-order valence-electron chi connectivity index (χ1n) is 15.9. The number of fused-ring (bicyclic) bond motifs is 6. The number of hydrogen-bond donors (Lipinski definition) is 0. The number of nitrogens with zero attached hydrogens (tertiary/aromatic N) is 4. The smallest absolute Gasteiger partial charge is 0.0998 e. The summed E-state index contributed by atoms with van der Waals surface area (Å²) >= 11 is 0. The van der Waals surface area contributed by atoms with Gasteiger partial charge in [-0.25, -0.2) is 0 Å². The van der Waals surface area contributed by atoms with Crippen LogP contribution in [0.15, 0.2) is 158 Å². The molecule has 4 heteroatoms. The van der Waals surface area contributed by atoms with Crippen LogP contribution in [-0.4, -0.2) is 9.13 Å². The molecule has 4 nitrogen and oxygen atoms in total. The van der Waals surface area contributed by atoms with E-state index < -0.39 is 0 Å². The second-order valence-electron chi connectivity index (χ2n) is 12.0. The van der Waals surface area contributed by atoms with Gasteiger partial charge >= 0.3 is 0 Å². The molecule has 48 heavy (non-hydrogen) atoms. The van der Waals surface area contributed by atoms with Crippen LogP contribution in [0.1, 0.15) is 11.1 Å². The Morgan fingerprint density at radius 2 is 0.875 bits per heavy atom. The van der Waals surface area contributed by atoms with Gasteiger partial charge in [0.2, 0.25) is 0 Å². The molecular weight excluding hydrogens is 585 g/mol. The molecular formula is C44H26N4. The van der Waals surface area contributed by atoms with E-state index in [1.165, 1.54) is 21.5 Å². The molecule has 2 heterocycles. The van der Waals surface area contributed by atoms with E-state index >= 15 is 0 Å². The van der Waals surface area contributed by atoms with Crippen molar-refractivity contribution in [1.29, 1.82) is 10.5 Å². The second kappa shape index (κ2) is 10.9. The van der Waals surface area contributed by atoms with Crippen LogP contribution in [0.25, 0.3) is 77.2 Å². The van der Waals surface area contributed by atoms with Crippen molar-refractivity contribution >= 4 is 43.6 Å². The Kier molecular flexibility index (Phi) is 6.22. The van der Waals surface area contributed by atoms with E-state index in [0.717, 1.165) is 55.7 Å². The summed E-state index contributed by atoms with van der Waals surface area (Å²) < 4.78 is 4.56. The van der Waals surface area contributed by atoms with Gasteiger partial charge in [-0.1, -0.05) is 91.0 Å². The fourth-order valence-electron chi connectivity index (χ4n) is 7.31. The minimum absolute atomic E-state index is 0.533. The van der Waals surface area contributed by atoms with Gasteiger partial charge in [-0.2, -0.15) is 10.5 Å². The monoisotopic (exact) mass is 610 g/mol. The van der Waals surface area contributed by atoms with Gasteiger partial charge in [-0.15, -0.1) is 0 Å². The Bertz CT molecular complexity index is 2710. The van der Waals surface area contributed by atoms with E-state index in [2.05, 4.69) is 149 Å². The first kappa shape index (κ1) is 27.4. The van der Waals surface area contributed by atoms with Crippen LogP contribution < -0.4 is 0 Å². The minimum atomic E-state index is 0.533. The van der Waals surface area contributed by atoms with Crippen molar-refractivity contribution in [2.45, 2.75) is 0 Å². The highest BCUT2D eigenvalue weighted by Crippen LogP contribution is 2.39. The Labute approximate surface area is 277 Å². The molecule has 0 N–H and O–H groups in total. The average molecular weight is 611 g/mol. The van der Waals surface area contributed by atoms with E-state index in [9.17, 15) is 10.5 Å². The number of nitriles is 2. The molecule has 2 aromatic heterocycles. The maximum atomic E-state index is 10.3. The minimum Gasteiger partial charge on any atom is -0.309 e. The molecule has 7 aromatic carbocycles. The average Bonchev–Trinajstić information content (AvgIpc) is 3.67. The Morgan fingerprint density at radius 1 is 0.396 bits per heavy atom. The lowest BCUT2D eigenvalue weighted by Gasteiger charge is -2.16. The standard InChI is InChI=1S/C44H26N4/c45-27-29-23-31(34-11-1-6-16-40(34)48-43-19-9-4-14-37(43)38-15-5-10-20-44(38)48)25-32(24-29)39-26-33(22-21-30(39)28-46)47-41-17-7-2-12-35(41)36-13-3-8-18-42(36)47/h1-26H. The molecule has 0 atom stereocenters. The van der Waals surface area contributed by atoms with Crippen molar-refractivity contribution in [3.8, 4) is 45.8 Å². The zero-order chi connectivity index (χ0) is 32.2. The van der Waals surface area contributed by atoms with Gasteiger partial charge in [0.25, 0.3) is 0 Å². The molecule has 0 saturated heterocycles. The zero-order valence-corrected chi connectivity index (χ0v) is 25.8. The quantitative estimate of drug-likeness (QED) is 0.199. The highest BCUT2D eigenvalue weighted by Gasteiger charge is 2.18. The fraction of sp³-hybridized carbons (Fsp3) is 0. The molecule has 0 aliphatic heterocycles. The summed E-state index contributed by atoms with van der Waals surface area (Å²) in [6.45, 7) is 0. The molecule has 0 radical (unpaired) electrons. The lowest BCUT2D eigenvalue weighted by atomic mass is 9.93. The number of hydrogen-bond acceptors (Lipinski definition) is 2. The highest BCUT2D eigenvalue weighted by molar-refractivity contribution is 6.10. The summed E-state index contributed by atoms with van der Waals surface area (Å²) in [6, 6.07) is 58.8. The van der Waals surface area contributed by atoms with Crippen LogP contribution in [-0.2, 0) is 0 Å². The van der Waals surface area contributed by atoms with E-state index in [-0.39, 0.29) is 0 Å². The molecule has 0 amide bonds. The van der Waals surface area contributed by atoms with Crippen molar-refractivity contribution < 1.29 is 0 Å². The van der Waals surface area contributed by atoms with E-state index in [1.54, 1.807) is 0 Å². The third-order valence-corrected chi connectivity index (χ3v) is 9.37. The summed E-state index contributed by atoms with van der Waals surface area (Å²) in [4.78, 5) is 0.